The molecule has 0 fully saturated rings. The molecule has 18 heavy (non-hydrogen) atoms. The van der Waals surface area contributed by atoms with Crippen LogP contribution in [0.1, 0.15) is 32.3 Å². The van der Waals surface area contributed by atoms with Gasteiger partial charge in [-0.25, -0.2) is 0 Å². The Balaban J connectivity index is 0. The van der Waals surface area contributed by atoms with Gasteiger partial charge in [-0.2, -0.15) is 18.2 Å². The van der Waals surface area contributed by atoms with Crippen LogP contribution in [0.25, 0.3) is 10.8 Å². The average Bonchev–Trinajstić information content (AvgIpc) is 2.29. The molecule has 1 radical (unpaired) electrons. The van der Waals surface area contributed by atoms with Crippen LogP contribution in [-0.4, -0.2) is 0 Å². The Labute approximate surface area is 118 Å². The quantitative estimate of drug-likeness (QED) is 0.387. The third-order valence-electron chi connectivity index (χ3n) is 2.37. The molecule has 2 rings (SSSR count). The SMILES string of the molecule is CC(C)c1c[c-]cc2ccccc12.[CH-]=CC.[Re].[Rf]. The smallest absolute Gasteiger partial charge is 0 e. The summed E-state index contributed by atoms with van der Waals surface area (Å²) in [6.45, 7) is 10.9. The molecule has 0 saturated carbocycles. The van der Waals surface area contributed by atoms with Gasteiger partial charge in [0.2, 0.25) is 0 Å². The van der Waals surface area contributed by atoms with Gasteiger partial charge < -0.3 is 6.58 Å². The summed E-state index contributed by atoms with van der Waals surface area (Å²) in [5.41, 5.74) is 1.39. The minimum absolute atomic E-state index is 0. The zero-order chi connectivity index (χ0) is 12.0. The van der Waals surface area contributed by atoms with Crippen LogP contribution in [0.15, 0.2) is 42.5 Å². The molecule has 0 heterocycles. The first-order chi connectivity index (χ1) is 7.70. The second-order valence-electron chi connectivity index (χ2n) is 3.99. The van der Waals surface area contributed by atoms with Crippen LogP contribution in [0.3, 0.4) is 0 Å². The van der Waals surface area contributed by atoms with E-state index in [9.17, 15) is 0 Å². The summed E-state index contributed by atoms with van der Waals surface area (Å²) >= 11 is 0. The van der Waals surface area contributed by atoms with Crippen molar-refractivity contribution >= 4 is 10.8 Å². The zero-order valence-corrected chi connectivity index (χ0v) is 20.4. The second kappa shape index (κ2) is 9.17. The van der Waals surface area contributed by atoms with Crippen LogP contribution in [0, 0.1) is 12.6 Å². The minimum atomic E-state index is 0. The number of hydrogen-bond acceptors (Lipinski definition) is 0. The molecule has 0 aliphatic rings. The van der Waals surface area contributed by atoms with Crippen molar-refractivity contribution in [2.45, 2.75) is 26.7 Å². The molecule has 0 aromatic heterocycles. The van der Waals surface area contributed by atoms with Crippen molar-refractivity contribution in [3.05, 3.63) is 60.7 Å². The van der Waals surface area contributed by atoms with Crippen LogP contribution >= 0.6 is 0 Å². The Morgan fingerprint density at radius 1 is 1.17 bits per heavy atom. The van der Waals surface area contributed by atoms with Gasteiger partial charge in [0.15, 0.2) is 0 Å². The Morgan fingerprint density at radius 2 is 1.72 bits per heavy atom. The molecule has 0 aliphatic carbocycles. The first-order valence-corrected chi connectivity index (χ1v) is 5.59. The first-order valence-electron chi connectivity index (χ1n) is 5.59. The van der Waals surface area contributed by atoms with Gasteiger partial charge in [0, 0.05) is 20.4 Å². The minimum Gasteiger partial charge on any atom is -0.518 e. The van der Waals surface area contributed by atoms with E-state index in [1.165, 1.54) is 22.4 Å². The maximum Gasteiger partial charge on any atom is 0 e. The second-order valence-corrected chi connectivity index (χ2v) is 3.99. The van der Waals surface area contributed by atoms with Crippen LogP contribution in [0.2, 0.25) is 0 Å². The Morgan fingerprint density at radius 3 is 2.28 bits per heavy atom. The Hall–Kier alpha value is -1.90. The summed E-state index contributed by atoms with van der Waals surface area (Å²) in [6.07, 6.45) is 1.50. The third kappa shape index (κ3) is 4.54. The van der Waals surface area contributed by atoms with Gasteiger partial charge in [0.1, 0.15) is 0 Å². The fourth-order valence-electron chi connectivity index (χ4n) is 1.66. The molecule has 0 bridgehead atoms. The van der Waals surface area contributed by atoms with Gasteiger partial charge in [-0.05, 0) is 0 Å². The standard InChI is InChI=1S/C13H13.C3H5.Re.Rf/c1-10(2)12-9-5-7-11-6-3-4-8-13(11)12;1-3-2;;/h3-4,6-10H,1-2H3;1,3H,2H3;;/q2*-1;;. The fraction of sp³-hybridized carbons (Fsp3) is 0.250. The van der Waals surface area contributed by atoms with Crippen molar-refractivity contribution in [3.8, 4) is 0 Å². The van der Waals surface area contributed by atoms with E-state index in [1.807, 2.05) is 6.07 Å². The molecule has 0 N–H and O–H groups in total. The largest absolute Gasteiger partial charge is 0.518 e. The number of fused-ring (bicyclic) bond motifs is 1. The monoisotopic (exact) mass is 664 g/mol. The Kier molecular flexibility index (Phi) is 9.40. The van der Waals surface area contributed by atoms with E-state index in [0.29, 0.717) is 5.92 Å². The molecule has 2 heteroatoms. The molecular weight excluding hydrogens is 645 g/mol. The van der Waals surface area contributed by atoms with E-state index in [-0.39, 0.29) is 20.4 Å². The van der Waals surface area contributed by atoms with Crippen molar-refractivity contribution in [1.82, 2.24) is 0 Å². The van der Waals surface area contributed by atoms with Crippen molar-refractivity contribution < 1.29 is 20.4 Å². The molecule has 0 aliphatic heterocycles. The van der Waals surface area contributed by atoms with Gasteiger partial charge in [-0.1, -0.05) is 44.9 Å². The molecule has 0 amide bonds. The van der Waals surface area contributed by atoms with E-state index < -0.39 is 0 Å². The molecule has 0 atom stereocenters. The maximum atomic E-state index is 4.72. The van der Waals surface area contributed by atoms with Crippen LogP contribution in [0.5, 0.6) is 0 Å². The van der Waals surface area contributed by atoms with Crippen molar-refractivity contribution in [3.63, 3.8) is 0 Å². The third-order valence-corrected chi connectivity index (χ3v) is 2.37. The van der Waals surface area contributed by atoms with E-state index >= 15 is 0 Å². The predicted molar refractivity (Wildman–Crippen MR) is 71.4 cm³/mol. The topological polar surface area (TPSA) is 0 Å². The van der Waals surface area contributed by atoms with Crippen molar-refractivity contribution in [2.75, 3.05) is 0 Å². The molecule has 0 nitrogen and oxygen atoms in total. The van der Waals surface area contributed by atoms with Crippen LogP contribution in [0.4, 0.5) is 0 Å². The number of rotatable bonds is 1. The maximum absolute atomic E-state index is 4.72. The summed E-state index contributed by atoms with van der Waals surface area (Å²) in [5, 5.41) is 2.64. The van der Waals surface area contributed by atoms with Crippen LogP contribution in [-0.2, 0) is 20.4 Å². The van der Waals surface area contributed by atoms with E-state index in [4.69, 9.17) is 6.58 Å². The Bertz CT molecular complexity index is 458. The van der Waals surface area contributed by atoms with E-state index in [0.717, 1.165) is 0 Å². The van der Waals surface area contributed by atoms with Crippen molar-refractivity contribution in [1.29, 1.82) is 0 Å². The molecule has 0 spiro atoms. The van der Waals surface area contributed by atoms with Gasteiger partial charge in [-0.3, -0.25) is 6.08 Å². The van der Waals surface area contributed by atoms with Crippen LogP contribution < -0.4 is 0 Å². The zero-order valence-electron chi connectivity index (χ0n) is 11.3. The first kappa shape index (κ1) is 18.5. The average molecular weight is 664 g/mol. The summed E-state index contributed by atoms with van der Waals surface area (Å²) in [5.74, 6) is 0.572. The number of hydrogen-bond donors (Lipinski definition) is 0. The van der Waals surface area contributed by atoms with Gasteiger partial charge >= 0.3 is 0 Å². The van der Waals surface area contributed by atoms with Gasteiger partial charge in [-0.15, -0.1) is 22.4 Å². The molecular formula is C16H18ReRf-2. The summed E-state index contributed by atoms with van der Waals surface area (Å²) in [6, 6.07) is 15.8. The normalized spacial score (nSPS) is 8.67. The molecule has 0 unspecified atom stereocenters. The number of benzene rings is 2. The molecule has 2 aromatic rings. The summed E-state index contributed by atoms with van der Waals surface area (Å²) in [7, 11) is 0. The van der Waals surface area contributed by atoms with E-state index in [2.05, 4.69) is 50.2 Å². The predicted octanol–water partition coefficient (Wildman–Crippen LogP) is 4.76. The number of allylic oxidation sites excluding steroid dienone is 1. The molecule has 2 aromatic carbocycles. The molecule has 93 valence electrons. The van der Waals surface area contributed by atoms with E-state index in [1.54, 1.807) is 6.92 Å². The van der Waals surface area contributed by atoms with Gasteiger partial charge in [0.05, 0.1) is 0 Å². The molecule has 0 saturated heterocycles. The summed E-state index contributed by atoms with van der Waals surface area (Å²) in [4.78, 5) is 0. The van der Waals surface area contributed by atoms with Crippen molar-refractivity contribution in [2.24, 2.45) is 0 Å². The fourth-order valence-corrected chi connectivity index (χ4v) is 1.66. The summed E-state index contributed by atoms with van der Waals surface area (Å²) < 4.78 is 0. The van der Waals surface area contributed by atoms with Gasteiger partial charge in [0.25, 0.3) is 0 Å².